The number of carbonyl (C=O) groups excluding carboxylic acids is 1. The second-order valence-corrected chi connectivity index (χ2v) is 10.8. The first kappa shape index (κ1) is 28.3. The van der Waals surface area contributed by atoms with Crippen molar-refractivity contribution in [3.05, 3.63) is 113 Å². The molecule has 0 saturated heterocycles. The molecule has 0 saturated carbocycles. The van der Waals surface area contributed by atoms with Crippen LogP contribution in [0, 0.1) is 0 Å². The third-order valence-corrected chi connectivity index (χ3v) is 7.50. The number of benzene rings is 3. The zero-order valence-electron chi connectivity index (χ0n) is 20.5. The Kier molecular flexibility index (Phi) is 11.1. The van der Waals surface area contributed by atoms with E-state index in [0.717, 1.165) is 28.9 Å². The molecule has 2 atom stereocenters. The van der Waals surface area contributed by atoms with Crippen LogP contribution in [0.15, 0.2) is 96.4 Å². The van der Waals surface area contributed by atoms with Gasteiger partial charge in [0.25, 0.3) is 10.1 Å². The minimum atomic E-state index is -4.38. The highest BCUT2D eigenvalue weighted by Gasteiger charge is 2.23. The van der Waals surface area contributed by atoms with E-state index in [0.29, 0.717) is 17.6 Å². The number of carbonyl (C=O) groups is 1. The molecule has 0 spiro atoms. The van der Waals surface area contributed by atoms with Crippen LogP contribution in [0.5, 0.6) is 5.75 Å². The molecule has 3 aromatic rings. The lowest BCUT2D eigenvalue weighted by Crippen LogP contribution is -2.41. The number of hydrogen-bond donors (Lipinski definition) is 2. The summed E-state index contributed by atoms with van der Waals surface area (Å²) < 4.78 is 42.9. The van der Waals surface area contributed by atoms with Gasteiger partial charge in [0.2, 0.25) is 0 Å². The Labute approximate surface area is 222 Å². The lowest BCUT2D eigenvalue weighted by Gasteiger charge is -2.25. The van der Waals surface area contributed by atoms with Crippen LogP contribution in [0.2, 0.25) is 0 Å². The highest BCUT2D eigenvalue weighted by Crippen LogP contribution is 2.27. The van der Waals surface area contributed by atoms with Crippen molar-refractivity contribution >= 4 is 28.0 Å². The molecule has 0 unspecified atom stereocenters. The average Bonchev–Trinajstić information content (AvgIpc) is 2.91. The third kappa shape index (κ3) is 10.7. The van der Waals surface area contributed by atoms with Crippen molar-refractivity contribution in [3.63, 3.8) is 0 Å². The van der Waals surface area contributed by atoms with E-state index >= 15 is 0 Å². The van der Waals surface area contributed by atoms with Gasteiger partial charge in [-0.2, -0.15) is 20.2 Å². The smallest absolute Gasteiger partial charge is 0.407 e. The van der Waals surface area contributed by atoms with Crippen molar-refractivity contribution in [2.24, 2.45) is 0 Å². The quantitative estimate of drug-likeness (QED) is 0.271. The van der Waals surface area contributed by atoms with E-state index in [1.54, 1.807) is 18.9 Å². The number of hydrogen-bond acceptors (Lipinski definition) is 6. The maximum Gasteiger partial charge on any atom is 0.407 e. The van der Waals surface area contributed by atoms with Gasteiger partial charge < -0.3 is 14.8 Å². The summed E-state index contributed by atoms with van der Waals surface area (Å²) in [4.78, 5) is 12.7. The number of methoxy groups -OCH3 is 1. The molecule has 0 bridgehead atoms. The Balaban J connectivity index is 1.76. The van der Waals surface area contributed by atoms with Crippen molar-refractivity contribution in [2.75, 3.05) is 7.11 Å². The number of thioether (sulfide) groups is 1. The van der Waals surface area contributed by atoms with Crippen LogP contribution in [0.3, 0.4) is 0 Å². The van der Waals surface area contributed by atoms with Gasteiger partial charge in [-0.3, -0.25) is 4.55 Å². The molecule has 7 nitrogen and oxygen atoms in total. The zero-order chi connectivity index (χ0) is 26.5. The van der Waals surface area contributed by atoms with E-state index in [1.807, 2.05) is 84.9 Å². The van der Waals surface area contributed by atoms with Crippen molar-refractivity contribution in [1.29, 1.82) is 0 Å². The Bertz CT molecular complexity index is 1230. The standard InChI is InChI=1S/C28H31NO6S2/c1-34-25-15-12-24(13-16-25)21-36-27(17-14-22-8-4-2-5-9-22)26(18-19-37(31,32)33)29-28(30)35-20-23-10-6-3-7-11-23/h2-13,15-16,18-19,26-27H,14,17,20-21H2,1H3,(H,29,30)(H,31,32,33)/b19-18+/t26-,27-/m0/s1. The summed E-state index contributed by atoms with van der Waals surface area (Å²) in [6.07, 6.45) is 1.99. The maximum absolute atomic E-state index is 12.7. The fourth-order valence-corrected chi connectivity index (χ4v) is 5.21. The molecular weight excluding hydrogens is 510 g/mol. The molecule has 0 heterocycles. The first-order valence-electron chi connectivity index (χ1n) is 11.7. The van der Waals surface area contributed by atoms with Gasteiger partial charge in [0.1, 0.15) is 12.4 Å². The fourth-order valence-electron chi connectivity index (χ4n) is 3.59. The second-order valence-electron chi connectivity index (χ2n) is 8.30. The van der Waals surface area contributed by atoms with Crippen molar-refractivity contribution in [3.8, 4) is 5.75 Å². The Hall–Kier alpha value is -3.27. The number of amides is 1. The Morgan fingerprint density at radius 1 is 0.946 bits per heavy atom. The number of alkyl carbamates (subject to hydrolysis) is 1. The van der Waals surface area contributed by atoms with Crippen LogP contribution in [0.1, 0.15) is 23.1 Å². The van der Waals surface area contributed by atoms with Gasteiger partial charge in [-0.15, -0.1) is 0 Å². The minimum Gasteiger partial charge on any atom is -0.497 e. The molecule has 9 heteroatoms. The van der Waals surface area contributed by atoms with Crippen molar-refractivity contribution < 1.29 is 27.2 Å². The van der Waals surface area contributed by atoms with Crippen LogP contribution in [0.25, 0.3) is 0 Å². The molecule has 0 aromatic heterocycles. The van der Waals surface area contributed by atoms with Crippen molar-refractivity contribution in [2.45, 2.75) is 36.5 Å². The summed E-state index contributed by atoms with van der Waals surface area (Å²) in [6, 6.07) is 26.2. The summed E-state index contributed by atoms with van der Waals surface area (Å²) in [5.74, 6) is 1.38. The predicted molar refractivity (Wildman–Crippen MR) is 147 cm³/mol. The first-order chi connectivity index (χ1) is 17.8. The van der Waals surface area contributed by atoms with Gasteiger partial charge in [-0.05, 0) is 47.7 Å². The lowest BCUT2D eigenvalue weighted by molar-refractivity contribution is 0.137. The first-order valence-corrected chi connectivity index (χ1v) is 14.3. The van der Waals surface area contributed by atoms with Crippen LogP contribution in [-0.4, -0.2) is 37.5 Å². The number of nitrogens with one attached hydrogen (secondary N) is 1. The molecule has 0 radical (unpaired) electrons. The molecule has 3 aromatic carbocycles. The van der Waals surface area contributed by atoms with Crippen LogP contribution < -0.4 is 10.1 Å². The maximum atomic E-state index is 12.7. The highest BCUT2D eigenvalue weighted by atomic mass is 32.2. The Morgan fingerprint density at radius 2 is 1.57 bits per heavy atom. The van der Waals surface area contributed by atoms with Crippen LogP contribution in [-0.2, 0) is 33.6 Å². The Morgan fingerprint density at radius 3 is 2.16 bits per heavy atom. The van der Waals surface area contributed by atoms with E-state index in [-0.39, 0.29) is 11.9 Å². The fraction of sp³-hybridized carbons (Fsp3) is 0.250. The molecule has 196 valence electrons. The molecule has 1 amide bonds. The minimum absolute atomic E-state index is 0.0785. The molecule has 3 rings (SSSR count). The molecule has 0 aliphatic heterocycles. The summed E-state index contributed by atoms with van der Waals surface area (Å²) in [5.41, 5.74) is 3.01. The SMILES string of the molecule is COc1ccc(CS[C@@H](CCc2ccccc2)[C@H](/C=C/S(=O)(=O)O)NC(=O)OCc2ccccc2)cc1. The van der Waals surface area contributed by atoms with Crippen molar-refractivity contribution in [1.82, 2.24) is 5.32 Å². The van der Waals surface area contributed by atoms with E-state index in [1.165, 1.54) is 6.08 Å². The van der Waals surface area contributed by atoms with Gasteiger partial charge in [-0.1, -0.05) is 72.8 Å². The number of aryl methyl sites for hydroxylation is 1. The summed E-state index contributed by atoms with van der Waals surface area (Å²) >= 11 is 1.58. The molecule has 0 aliphatic carbocycles. The monoisotopic (exact) mass is 541 g/mol. The van der Waals surface area contributed by atoms with E-state index in [2.05, 4.69) is 5.32 Å². The van der Waals surface area contributed by atoms with E-state index in [4.69, 9.17) is 9.47 Å². The topological polar surface area (TPSA) is 102 Å². The number of ether oxygens (including phenoxy) is 2. The predicted octanol–water partition coefficient (Wildman–Crippen LogP) is 5.63. The van der Waals surface area contributed by atoms with Gasteiger partial charge in [-0.25, -0.2) is 4.79 Å². The normalized spacial score (nSPS) is 13.1. The molecule has 0 fully saturated rings. The molecule has 2 N–H and O–H groups in total. The lowest BCUT2D eigenvalue weighted by atomic mass is 10.0. The third-order valence-electron chi connectivity index (χ3n) is 5.54. The van der Waals surface area contributed by atoms with Gasteiger partial charge in [0.05, 0.1) is 18.6 Å². The molecule has 0 aliphatic rings. The second kappa shape index (κ2) is 14.5. The highest BCUT2D eigenvalue weighted by molar-refractivity contribution is 7.99. The van der Waals surface area contributed by atoms with Crippen LogP contribution >= 0.6 is 11.8 Å². The molecular formula is C28H31NO6S2. The van der Waals surface area contributed by atoms with Crippen LogP contribution in [0.4, 0.5) is 4.79 Å². The largest absolute Gasteiger partial charge is 0.497 e. The summed E-state index contributed by atoms with van der Waals surface area (Å²) in [5, 5.41) is 3.28. The average molecular weight is 542 g/mol. The summed E-state index contributed by atoms with van der Waals surface area (Å²) in [7, 11) is -2.77. The van der Waals surface area contributed by atoms with Gasteiger partial charge in [0.15, 0.2) is 0 Å². The van der Waals surface area contributed by atoms with E-state index in [9.17, 15) is 17.8 Å². The van der Waals surface area contributed by atoms with E-state index < -0.39 is 22.3 Å². The number of rotatable bonds is 13. The summed E-state index contributed by atoms with van der Waals surface area (Å²) in [6.45, 7) is 0.0785. The zero-order valence-corrected chi connectivity index (χ0v) is 22.2. The van der Waals surface area contributed by atoms with Gasteiger partial charge >= 0.3 is 6.09 Å². The molecule has 37 heavy (non-hydrogen) atoms. The van der Waals surface area contributed by atoms with Gasteiger partial charge in [0, 0.05) is 11.0 Å².